The Morgan fingerprint density at radius 3 is 2.76 bits per heavy atom. The third-order valence-electron chi connectivity index (χ3n) is 2.37. The lowest BCUT2D eigenvalue weighted by molar-refractivity contribution is 0.0995. The minimum atomic E-state index is -0.487. The summed E-state index contributed by atoms with van der Waals surface area (Å²) >= 11 is 0. The summed E-state index contributed by atoms with van der Waals surface area (Å²) in [6.45, 7) is 3.80. The lowest BCUT2D eigenvalue weighted by Gasteiger charge is -2.13. The van der Waals surface area contributed by atoms with Crippen molar-refractivity contribution >= 4 is 16.7 Å². The van der Waals surface area contributed by atoms with Gasteiger partial charge in [-0.05, 0) is 37.4 Å². The molecule has 0 atom stereocenters. The molecule has 0 fully saturated rings. The van der Waals surface area contributed by atoms with E-state index in [0.717, 1.165) is 10.8 Å². The summed E-state index contributed by atoms with van der Waals surface area (Å²) in [7, 11) is 0. The maximum atomic E-state index is 11.4. The van der Waals surface area contributed by atoms with Crippen molar-refractivity contribution in [1.29, 1.82) is 0 Å². The third-order valence-corrected chi connectivity index (χ3v) is 2.37. The SMILES string of the molecule is CC(C)Oc1cc2cnccc2cc1C(N)=O. The van der Waals surface area contributed by atoms with Crippen LogP contribution < -0.4 is 10.5 Å². The fourth-order valence-corrected chi connectivity index (χ4v) is 1.66. The number of benzene rings is 1. The molecule has 2 N–H and O–H groups in total. The smallest absolute Gasteiger partial charge is 0.252 e. The van der Waals surface area contributed by atoms with Crippen LogP contribution in [0.5, 0.6) is 5.75 Å². The van der Waals surface area contributed by atoms with Crippen molar-refractivity contribution in [3.05, 3.63) is 36.2 Å². The highest BCUT2D eigenvalue weighted by Gasteiger charge is 2.12. The number of primary amides is 1. The van der Waals surface area contributed by atoms with Gasteiger partial charge in [0, 0.05) is 17.8 Å². The van der Waals surface area contributed by atoms with Gasteiger partial charge in [-0.15, -0.1) is 0 Å². The van der Waals surface area contributed by atoms with Crippen molar-refractivity contribution in [2.24, 2.45) is 5.73 Å². The molecule has 17 heavy (non-hydrogen) atoms. The number of carbonyl (C=O) groups excluding carboxylic acids is 1. The molecule has 2 rings (SSSR count). The molecule has 1 aromatic heterocycles. The van der Waals surface area contributed by atoms with E-state index in [0.29, 0.717) is 11.3 Å². The van der Waals surface area contributed by atoms with Crippen LogP contribution in [0.2, 0.25) is 0 Å². The van der Waals surface area contributed by atoms with Crippen LogP contribution in [0.4, 0.5) is 0 Å². The second-order valence-corrected chi connectivity index (χ2v) is 4.10. The zero-order valence-corrected chi connectivity index (χ0v) is 9.81. The Balaban J connectivity index is 2.62. The van der Waals surface area contributed by atoms with E-state index in [-0.39, 0.29) is 6.10 Å². The van der Waals surface area contributed by atoms with Crippen LogP contribution in [0.3, 0.4) is 0 Å². The quantitative estimate of drug-likeness (QED) is 0.878. The van der Waals surface area contributed by atoms with E-state index >= 15 is 0 Å². The summed E-state index contributed by atoms with van der Waals surface area (Å²) in [6.07, 6.45) is 3.39. The molecule has 0 radical (unpaired) electrons. The Morgan fingerprint density at radius 1 is 1.35 bits per heavy atom. The number of fused-ring (bicyclic) bond motifs is 1. The van der Waals surface area contributed by atoms with Crippen LogP contribution in [0, 0.1) is 0 Å². The van der Waals surface area contributed by atoms with E-state index in [4.69, 9.17) is 10.5 Å². The van der Waals surface area contributed by atoms with Crippen molar-refractivity contribution in [2.75, 3.05) is 0 Å². The largest absolute Gasteiger partial charge is 0.490 e. The fourth-order valence-electron chi connectivity index (χ4n) is 1.66. The molecule has 0 unspecified atom stereocenters. The van der Waals surface area contributed by atoms with Crippen molar-refractivity contribution in [1.82, 2.24) is 4.98 Å². The van der Waals surface area contributed by atoms with E-state index in [1.807, 2.05) is 19.9 Å². The second-order valence-electron chi connectivity index (χ2n) is 4.10. The minimum Gasteiger partial charge on any atom is -0.490 e. The number of pyridine rings is 1. The number of carbonyl (C=O) groups is 1. The van der Waals surface area contributed by atoms with Gasteiger partial charge in [0.25, 0.3) is 5.91 Å². The zero-order chi connectivity index (χ0) is 12.4. The molecule has 0 bridgehead atoms. The molecular formula is C13H14N2O2. The predicted octanol–water partition coefficient (Wildman–Crippen LogP) is 2.12. The van der Waals surface area contributed by atoms with Crippen LogP contribution in [-0.4, -0.2) is 17.0 Å². The van der Waals surface area contributed by atoms with E-state index in [1.165, 1.54) is 0 Å². The van der Waals surface area contributed by atoms with Crippen LogP contribution >= 0.6 is 0 Å². The second kappa shape index (κ2) is 4.41. The molecule has 0 aliphatic rings. The first-order valence-electron chi connectivity index (χ1n) is 5.42. The van der Waals surface area contributed by atoms with E-state index in [2.05, 4.69) is 4.98 Å². The number of aromatic nitrogens is 1. The van der Waals surface area contributed by atoms with Gasteiger partial charge in [-0.3, -0.25) is 9.78 Å². The summed E-state index contributed by atoms with van der Waals surface area (Å²) in [6, 6.07) is 5.36. The van der Waals surface area contributed by atoms with Crippen LogP contribution in [0.1, 0.15) is 24.2 Å². The Labute approximate surface area is 99.4 Å². The summed E-state index contributed by atoms with van der Waals surface area (Å²) in [5, 5.41) is 1.85. The van der Waals surface area contributed by atoms with Gasteiger partial charge in [0.15, 0.2) is 0 Å². The van der Waals surface area contributed by atoms with Gasteiger partial charge in [-0.2, -0.15) is 0 Å². The molecule has 0 saturated heterocycles. The van der Waals surface area contributed by atoms with Crippen LogP contribution in [0.25, 0.3) is 10.8 Å². The fraction of sp³-hybridized carbons (Fsp3) is 0.231. The summed E-state index contributed by atoms with van der Waals surface area (Å²) < 4.78 is 5.59. The summed E-state index contributed by atoms with van der Waals surface area (Å²) in [5.41, 5.74) is 5.75. The summed E-state index contributed by atoms with van der Waals surface area (Å²) in [4.78, 5) is 15.4. The normalized spacial score (nSPS) is 10.8. The third kappa shape index (κ3) is 2.36. The Bertz CT molecular complexity index is 564. The number of nitrogens with zero attached hydrogens (tertiary/aromatic N) is 1. The van der Waals surface area contributed by atoms with Crippen LogP contribution in [-0.2, 0) is 0 Å². The maximum Gasteiger partial charge on any atom is 0.252 e. The number of amides is 1. The Kier molecular flexibility index (Phi) is 2.95. The lowest BCUT2D eigenvalue weighted by Crippen LogP contribution is -2.15. The predicted molar refractivity (Wildman–Crippen MR) is 66.0 cm³/mol. The molecule has 1 heterocycles. The standard InChI is InChI=1S/C13H14N2O2/c1-8(2)17-12-6-10-7-15-4-3-9(10)5-11(12)13(14)16/h3-8H,1-2H3,(H2,14,16). The van der Waals surface area contributed by atoms with Crippen LogP contribution in [0.15, 0.2) is 30.6 Å². The molecule has 2 aromatic rings. The van der Waals surface area contributed by atoms with Gasteiger partial charge in [0.2, 0.25) is 0 Å². The molecule has 1 amide bonds. The molecule has 4 heteroatoms. The number of rotatable bonds is 3. The molecule has 4 nitrogen and oxygen atoms in total. The molecule has 0 aliphatic heterocycles. The first-order chi connectivity index (χ1) is 8.08. The minimum absolute atomic E-state index is 0.0118. The molecule has 0 aliphatic carbocycles. The van der Waals surface area contributed by atoms with E-state index in [1.54, 1.807) is 24.5 Å². The van der Waals surface area contributed by atoms with Gasteiger partial charge in [-0.25, -0.2) is 0 Å². The Morgan fingerprint density at radius 2 is 2.12 bits per heavy atom. The van der Waals surface area contributed by atoms with Crippen molar-refractivity contribution in [3.63, 3.8) is 0 Å². The Hall–Kier alpha value is -2.10. The average Bonchev–Trinajstić information content (AvgIpc) is 2.27. The highest BCUT2D eigenvalue weighted by atomic mass is 16.5. The van der Waals surface area contributed by atoms with Gasteiger partial charge >= 0.3 is 0 Å². The first-order valence-corrected chi connectivity index (χ1v) is 5.42. The van der Waals surface area contributed by atoms with Gasteiger partial charge in [0.05, 0.1) is 11.7 Å². The number of hydrogen-bond acceptors (Lipinski definition) is 3. The highest BCUT2D eigenvalue weighted by Crippen LogP contribution is 2.26. The van der Waals surface area contributed by atoms with Gasteiger partial charge < -0.3 is 10.5 Å². The van der Waals surface area contributed by atoms with Crippen molar-refractivity contribution < 1.29 is 9.53 Å². The average molecular weight is 230 g/mol. The van der Waals surface area contributed by atoms with Crippen molar-refractivity contribution in [3.8, 4) is 5.75 Å². The number of ether oxygens (including phenoxy) is 1. The molecule has 0 saturated carbocycles. The zero-order valence-electron chi connectivity index (χ0n) is 9.81. The first kappa shape index (κ1) is 11.4. The maximum absolute atomic E-state index is 11.4. The number of hydrogen-bond donors (Lipinski definition) is 1. The molecule has 1 aromatic carbocycles. The summed E-state index contributed by atoms with van der Waals surface area (Å²) in [5.74, 6) is 0.0207. The number of nitrogens with two attached hydrogens (primary N) is 1. The molecule has 88 valence electrons. The molecular weight excluding hydrogens is 216 g/mol. The lowest BCUT2D eigenvalue weighted by atomic mass is 10.1. The van der Waals surface area contributed by atoms with E-state index in [9.17, 15) is 4.79 Å². The monoisotopic (exact) mass is 230 g/mol. The highest BCUT2D eigenvalue weighted by molar-refractivity contribution is 6.00. The topological polar surface area (TPSA) is 65.2 Å². The van der Waals surface area contributed by atoms with Gasteiger partial charge in [0.1, 0.15) is 5.75 Å². The van der Waals surface area contributed by atoms with Crippen molar-refractivity contribution in [2.45, 2.75) is 20.0 Å². The van der Waals surface area contributed by atoms with E-state index < -0.39 is 5.91 Å². The van der Waals surface area contributed by atoms with Gasteiger partial charge in [-0.1, -0.05) is 0 Å². The molecule has 0 spiro atoms.